The fraction of sp³-hybridized carbons (Fsp3) is 0.636. The van der Waals surface area contributed by atoms with E-state index >= 15 is 0 Å². The van der Waals surface area contributed by atoms with Crippen LogP contribution in [0.5, 0.6) is 5.95 Å². The van der Waals surface area contributed by atoms with Crippen LogP contribution in [0.2, 0.25) is 0 Å². The first-order chi connectivity index (χ1) is 7.24. The van der Waals surface area contributed by atoms with E-state index in [9.17, 15) is 13.2 Å². The van der Waals surface area contributed by atoms with Crippen LogP contribution in [-0.4, -0.2) is 12.8 Å². The highest BCUT2D eigenvalue weighted by Crippen LogP contribution is 2.31. The van der Waals surface area contributed by atoms with E-state index in [1.165, 1.54) is 12.3 Å². The second kappa shape index (κ2) is 4.39. The zero-order chi connectivity index (χ0) is 12.4. The molecule has 1 aromatic heterocycles. The van der Waals surface area contributed by atoms with Gasteiger partial charge < -0.3 is 9.15 Å². The van der Waals surface area contributed by atoms with E-state index in [4.69, 9.17) is 4.42 Å². The van der Waals surface area contributed by atoms with Crippen LogP contribution in [0.15, 0.2) is 16.7 Å². The lowest BCUT2D eigenvalue weighted by atomic mass is 9.84. The smallest absolute Gasteiger partial charge is 0.422 e. The summed E-state index contributed by atoms with van der Waals surface area (Å²) in [4.78, 5) is 0. The van der Waals surface area contributed by atoms with Gasteiger partial charge in [-0.3, -0.25) is 0 Å². The highest BCUT2D eigenvalue weighted by Gasteiger charge is 2.29. The van der Waals surface area contributed by atoms with Gasteiger partial charge in [-0.05, 0) is 11.8 Å². The first-order valence-electron chi connectivity index (χ1n) is 5.03. The Hall–Kier alpha value is -1.13. The van der Waals surface area contributed by atoms with Gasteiger partial charge >= 0.3 is 6.18 Å². The Morgan fingerprint density at radius 1 is 1.31 bits per heavy atom. The van der Waals surface area contributed by atoms with Crippen LogP contribution in [0.25, 0.3) is 0 Å². The van der Waals surface area contributed by atoms with Crippen LogP contribution in [0.3, 0.4) is 0 Å². The second-order valence-corrected chi connectivity index (χ2v) is 4.30. The van der Waals surface area contributed by atoms with Crippen molar-refractivity contribution in [3.8, 4) is 5.95 Å². The van der Waals surface area contributed by atoms with Gasteiger partial charge in [0, 0.05) is 11.6 Å². The number of halogens is 3. The fourth-order valence-corrected chi connectivity index (χ4v) is 1.10. The van der Waals surface area contributed by atoms with Crippen LogP contribution in [-0.2, 0) is 5.41 Å². The van der Waals surface area contributed by atoms with E-state index in [2.05, 4.69) is 4.74 Å². The first-order valence-corrected chi connectivity index (χ1v) is 5.03. The van der Waals surface area contributed by atoms with Crippen molar-refractivity contribution in [2.45, 2.75) is 38.8 Å². The molecular weight excluding hydrogens is 221 g/mol. The average molecular weight is 236 g/mol. The topological polar surface area (TPSA) is 22.4 Å². The lowest BCUT2D eigenvalue weighted by Gasteiger charge is -2.19. The van der Waals surface area contributed by atoms with Gasteiger partial charge in [0.25, 0.3) is 5.95 Å². The van der Waals surface area contributed by atoms with Gasteiger partial charge in [0.15, 0.2) is 6.61 Å². The summed E-state index contributed by atoms with van der Waals surface area (Å²) >= 11 is 0. The highest BCUT2D eigenvalue weighted by atomic mass is 19.4. The predicted molar refractivity (Wildman–Crippen MR) is 53.6 cm³/mol. The van der Waals surface area contributed by atoms with Gasteiger partial charge in [-0.25, -0.2) is 0 Å². The minimum absolute atomic E-state index is 0.0890. The number of ether oxygens (including phenoxy) is 1. The third-order valence-electron chi connectivity index (χ3n) is 2.62. The summed E-state index contributed by atoms with van der Waals surface area (Å²) in [5, 5.41) is 0. The molecule has 0 amide bonds. The summed E-state index contributed by atoms with van der Waals surface area (Å²) < 4.78 is 45.1. The Labute approximate surface area is 92.4 Å². The minimum Gasteiger partial charge on any atom is -0.455 e. The molecule has 0 bridgehead atoms. The van der Waals surface area contributed by atoms with Crippen LogP contribution < -0.4 is 4.74 Å². The SMILES string of the molecule is CCC(C)(C)c1coc(OCC(F)(F)F)c1. The Morgan fingerprint density at radius 2 is 1.94 bits per heavy atom. The quantitative estimate of drug-likeness (QED) is 0.790. The van der Waals surface area contributed by atoms with E-state index in [-0.39, 0.29) is 11.4 Å². The molecule has 1 heterocycles. The zero-order valence-corrected chi connectivity index (χ0v) is 9.52. The Balaban J connectivity index is 2.66. The van der Waals surface area contributed by atoms with Crippen LogP contribution in [0.1, 0.15) is 32.8 Å². The molecule has 0 unspecified atom stereocenters. The van der Waals surface area contributed by atoms with Gasteiger partial charge in [-0.15, -0.1) is 0 Å². The molecule has 1 rings (SSSR count). The standard InChI is InChI=1S/C11H15F3O2/c1-4-10(2,3)8-5-9(15-6-8)16-7-11(12,13)14/h5-6H,4,7H2,1-3H3. The molecule has 0 N–H and O–H groups in total. The average Bonchev–Trinajstić information content (AvgIpc) is 2.62. The highest BCUT2D eigenvalue weighted by molar-refractivity contribution is 5.24. The molecule has 2 nitrogen and oxygen atoms in total. The molecule has 0 aliphatic carbocycles. The Kier molecular flexibility index (Phi) is 3.55. The number of hydrogen-bond donors (Lipinski definition) is 0. The molecule has 0 spiro atoms. The number of furan rings is 1. The molecule has 0 saturated carbocycles. The molecule has 0 aliphatic heterocycles. The van der Waals surface area contributed by atoms with E-state index in [1.807, 2.05) is 20.8 Å². The maximum Gasteiger partial charge on any atom is 0.422 e. The van der Waals surface area contributed by atoms with E-state index in [1.54, 1.807) is 0 Å². The number of alkyl halides is 3. The fourth-order valence-electron chi connectivity index (χ4n) is 1.10. The maximum absolute atomic E-state index is 11.9. The molecule has 1 aromatic rings. The molecule has 92 valence electrons. The molecule has 5 heteroatoms. The lowest BCUT2D eigenvalue weighted by molar-refractivity contribution is -0.156. The van der Waals surface area contributed by atoms with Crippen molar-refractivity contribution in [1.29, 1.82) is 0 Å². The van der Waals surface area contributed by atoms with E-state index in [0.717, 1.165) is 12.0 Å². The van der Waals surface area contributed by atoms with Crippen molar-refractivity contribution in [2.24, 2.45) is 0 Å². The molecule has 16 heavy (non-hydrogen) atoms. The van der Waals surface area contributed by atoms with Gasteiger partial charge in [0.1, 0.15) is 0 Å². The van der Waals surface area contributed by atoms with Crippen molar-refractivity contribution in [2.75, 3.05) is 6.61 Å². The van der Waals surface area contributed by atoms with Gasteiger partial charge in [-0.2, -0.15) is 13.2 Å². The van der Waals surface area contributed by atoms with Gasteiger partial charge in [0.05, 0.1) is 6.26 Å². The minimum atomic E-state index is -4.34. The summed E-state index contributed by atoms with van der Waals surface area (Å²) in [7, 11) is 0. The third-order valence-corrected chi connectivity index (χ3v) is 2.62. The number of rotatable bonds is 4. The van der Waals surface area contributed by atoms with Crippen LogP contribution in [0.4, 0.5) is 13.2 Å². The van der Waals surface area contributed by atoms with Crippen molar-refractivity contribution in [3.63, 3.8) is 0 Å². The normalized spacial score (nSPS) is 12.9. The van der Waals surface area contributed by atoms with Crippen molar-refractivity contribution in [3.05, 3.63) is 17.9 Å². The summed E-state index contributed by atoms with van der Waals surface area (Å²) in [6.45, 7) is 4.66. The van der Waals surface area contributed by atoms with Crippen molar-refractivity contribution in [1.82, 2.24) is 0 Å². The second-order valence-electron chi connectivity index (χ2n) is 4.30. The summed E-state index contributed by atoms with van der Waals surface area (Å²) in [5.74, 6) is -0.0890. The molecule has 0 saturated heterocycles. The third kappa shape index (κ3) is 3.47. The summed E-state index contributed by atoms with van der Waals surface area (Å²) in [6, 6.07) is 1.51. The van der Waals surface area contributed by atoms with Gasteiger partial charge in [0.2, 0.25) is 0 Å². The number of hydrogen-bond acceptors (Lipinski definition) is 2. The molecule has 0 fully saturated rings. The molecule has 0 atom stereocenters. The monoisotopic (exact) mass is 236 g/mol. The molecule has 0 aromatic carbocycles. The largest absolute Gasteiger partial charge is 0.455 e. The molecule has 0 radical (unpaired) electrons. The summed E-state index contributed by atoms with van der Waals surface area (Å²) in [5.41, 5.74) is 0.718. The molecular formula is C11H15F3O2. The Bertz CT molecular complexity index is 339. The Morgan fingerprint density at radius 3 is 2.44 bits per heavy atom. The first kappa shape index (κ1) is 12.9. The summed E-state index contributed by atoms with van der Waals surface area (Å²) in [6.07, 6.45) is -2.03. The lowest BCUT2D eigenvalue weighted by Crippen LogP contribution is -2.19. The maximum atomic E-state index is 11.9. The van der Waals surface area contributed by atoms with Crippen molar-refractivity contribution < 1.29 is 22.3 Å². The van der Waals surface area contributed by atoms with E-state index < -0.39 is 12.8 Å². The molecule has 0 aliphatic rings. The zero-order valence-electron chi connectivity index (χ0n) is 9.52. The van der Waals surface area contributed by atoms with Crippen LogP contribution in [0, 0.1) is 0 Å². The van der Waals surface area contributed by atoms with Crippen LogP contribution >= 0.6 is 0 Å². The van der Waals surface area contributed by atoms with Gasteiger partial charge in [-0.1, -0.05) is 20.8 Å². The van der Waals surface area contributed by atoms with Crippen molar-refractivity contribution >= 4 is 0 Å². The predicted octanol–water partition coefficient (Wildman–Crippen LogP) is 3.91. The van der Waals surface area contributed by atoms with E-state index in [0.29, 0.717) is 0 Å².